The lowest BCUT2D eigenvalue weighted by molar-refractivity contribution is 0.0509. The molecule has 0 bridgehead atoms. The third kappa shape index (κ3) is 3.58. The van der Waals surface area contributed by atoms with E-state index in [2.05, 4.69) is 0 Å². The number of anilines is 1. The number of benzene rings is 2. The topological polar surface area (TPSA) is 52.3 Å². The number of hydrogen-bond acceptors (Lipinski definition) is 3. The van der Waals surface area contributed by atoms with E-state index in [4.69, 9.17) is 10.5 Å². The van der Waals surface area contributed by atoms with Gasteiger partial charge in [0.25, 0.3) is 0 Å². The first-order valence-corrected chi connectivity index (χ1v) is 6.24. The van der Waals surface area contributed by atoms with Crippen molar-refractivity contribution in [3.8, 4) is 0 Å². The quantitative estimate of drug-likeness (QED) is 0.675. The van der Waals surface area contributed by atoms with Crippen LogP contribution in [0.5, 0.6) is 0 Å². The van der Waals surface area contributed by atoms with Gasteiger partial charge in [-0.05, 0) is 36.2 Å². The molecule has 0 aliphatic rings. The summed E-state index contributed by atoms with van der Waals surface area (Å²) >= 11 is 0. The van der Waals surface area contributed by atoms with Crippen molar-refractivity contribution in [1.82, 2.24) is 0 Å². The van der Waals surface area contributed by atoms with Crippen LogP contribution >= 0.6 is 0 Å². The first-order chi connectivity index (χ1) is 9.16. The molecule has 0 aromatic heterocycles. The molecule has 2 rings (SSSR count). The van der Waals surface area contributed by atoms with Gasteiger partial charge in [0.2, 0.25) is 0 Å². The van der Waals surface area contributed by atoms with Gasteiger partial charge in [-0.25, -0.2) is 4.79 Å². The van der Waals surface area contributed by atoms with Crippen LogP contribution in [0.15, 0.2) is 48.5 Å². The smallest absolute Gasteiger partial charge is 0.338 e. The Balaban J connectivity index is 1.89. The Bertz CT molecular complexity index is 564. The molecular weight excluding hydrogens is 238 g/mol. The van der Waals surface area contributed by atoms with E-state index >= 15 is 0 Å². The highest BCUT2D eigenvalue weighted by molar-refractivity contribution is 5.90. The van der Waals surface area contributed by atoms with Crippen molar-refractivity contribution in [2.75, 3.05) is 12.3 Å². The zero-order valence-electron chi connectivity index (χ0n) is 10.9. The summed E-state index contributed by atoms with van der Waals surface area (Å²) in [6.45, 7) is 2.25. The molecule has 0 aliphatic carbocycles. The SMILES string of the molecule is Cc1cc(C(=O)OCCc2ccccc2)ccc1N. The summed E-state index contributed by atoms with van der Waals surface area (Å²) in [5.74, 6) is -0.306. The molecule has 0 aliphatic heterocycles. The van der Waals surface area contributed by atoms with Crippen LogP contribution in [-0.2, 0) is 11.2 Å². The minimum Gasteiger partial charge on any atom is -0.462 e. The maximum absolute atomic E-state index is 11.8. The average Bonchev–Trinajstić information content (AvgIpc) is 2.43. The van der Waals surface area contributed by atoms with E-state index in [1.807, 2.05) is 37.3 Å². The summed E-state index contributed by atoms with van der Waals surface area (Å²) in [6.07, 6.45) is 0.723. The van der Waals surface area contributed by atoms with Crippen LogP contribution in [0.3, 0.4) is 0 Å². The third-order valence-corrected chi connectivity index (χ3v) is 2.97. The van der Waals surface area contributed by atoms with Crippen LogP contribution in [-0.4, -0.2) is 12.6 Å². The van der Waals surface area contributed by atoms with Gasteiger partial charge >= 0.3 is 5.97 Å². The fourth-order valence-corrected chi connectivity index (χ4v) is 1.79. The second kappa shape index (κ2) is 6.05. The van der Waals surface area contributed by atoms with Gasteiger partial charge in [-0.2, -0.15) is 0 Å². The van der Waals surface area contributed by atoms with Crippen molar-refractivity contribution in [1.29, 1.82) is 0 Å². The van der Waals surface area contributed by atoms with Crippen molar-refractivity contribution in [2.45, 2.75) is 13.3 Å². The first kappa shape index (κ1) is 13.1. The molecule has 2 aromatic rings. The Labute approximate surface area is 113 Å². The second-order valence-corrected chi connectivity index (χ2v) is 4.44. The number of esters is 1. The van der Waals surface area contributed by atoms with Crippen molar-refractivity contribution >= 4 is 11.7 Å². The molecule has 19 heavy (non-hydrogen) atoms. The molecular formula is C16H17NO2. The van der Waals surface area contributed by atoms with Gasteiger partial charge < -0.3 is 10.5 Å². The summed E-state index contributed by atoms with van der Waals surface area (Å²) in [5, 5.41) is 0. The fourth-order valence-electron chi connectivity index (χ4n) is 1.79. The van der Waals surface area contributed by atoms with Gasteiger partial charge in [0.1, 0.15) is 0 Å². The lowest BCUT2D eigenvalue weighted by atomic mass is 10.1. The van der Waals surface area contributed by atoms with Crippen molar-refractivity contribution in [2.24, 2.45) is 0 Å². The number of nitrogens with two attached hydrogens (primary N) is 1. The Morgan fingerprint density at radius 1 is 1.16 bits per heavy atom. The monoisotopic (exact) mass is 255 g/mol. The number of carbonyl (C=O) groups is 1. The Hall–Kier alpha value is -2.29. The lowest BCUT2D eigenvalue weighted by Gasteiger charge is -2.06. The first-order valence-electron chi connectivity index (χ1n) is 6.24. The van der Waals surface area contributed by atoms with Gasteiger partial charge in [0, 0.05) is 12.1 Å². The van der Waals surface area contributed by atoms with Crippen molar-refractivity contribution in [3.63, 3.8) is 0 Å². The van der Waals surface area contributed by atoms with Crippen LogP contribution in [0.25, 0.3) is 0 Å². The van der Waals surface area contributed by atoms with E-state index < -0.39 is 0 Å². The number of carbonyl (C=O) groups excluding carboxylic acids is 1. The largest absolute Gasteiger partial charge is 0.462 e. The van der Waals surface area contributed by atoms with E-state index in [0.717, 1.165) is 17.5 Å². The highest BCUT2D eigenvalue weighted by Crippen LogP contribution is 2.13. The molecule has 0 amide bonds. The van der Waals surface area contributed by atoms with Crippen LogP contribution in [0.2, 0.25) is 0 Å². The summed E-state index contributed by atoms with van der Waals surface area (Å²) in [5.41, 5.74) is 8.98. The summed E-state index contributed by atoms with van der Waals surface area (Å²) < 4.78 is 5.25. The number of nitrogen functional groups attached to an aromatic ring is 1. The van der Waals surface area contributed by atoms with Crippen LogP contribution in [0.1, 0.15) is 21.5 Å². The van der Waals surface area contributed by atoms with E-state index in [-0.39, 0.29) is 5.97 Å². The highest BCUT2D eigenvalue weighted by atomic mass is 16.5. The third-order valence-electron chi connectivity index (χ3n) is 2.97. The van der Waals surface area contributed by atoms with Crippen molar-refractivity contribution < 1.29 is 9.53 Å². The molecule has 2 N–H and O–H groups in total. The van der Waals surface area contributed by atoms with Crippen LogP contribution < -0.4 is 5.73 Å². The summed E-state index contributed by atoms with van der Waals surface area (Å²) in [7, 11) is 0. The molecule has 2 aromatic carbocycles. The maximum atomic E-state index is 11.8. The zero-order valence-corrected chi connectivity index (χ0v) is 10.9. The molecule has 0 fully saturated rings. The maximum Gasteiger partial charge on any atom is 0.338 e. The normalized spacial score (nSPS) is 10.2. The van der Waals surface area contributed by atoms with E-state index in [9.17, 15) is 4.79 Å². The molecule has 98 valence electrons. The van der Waals surface area contributed by atoms with Gasteiger partial charge in [0.05, 0.1) is 12.2 Å². The van der Waals surface area contributed by atoms with Gasteiger partial charge in [-0.1, -0.05) is 30.3 Å². The standard InChI is InChI=1S/C16H17NO2/c1-12-11-14(7-8-15(12)17)16(18)19-10-9-13-5-3-2-4-6-13/h2-8,11H,9-10,17H2,1H3. The molecule has 0 radical (unpaired) electrons. The van der Waals surface area contributed by atoms with E-state index in [1.54, 1.807) is 18.2 Å². The molecule has 0 unspecified atom stereocenters. The summed E-state index contributed by atoms with van der Waals surface area (Å²) in [4.78, 5) is 11.8. The van der Waals surface area contributed by atoms with Gasteiger partial charge in [0.15, 0.2) is 0 Å². The number of ether oxygens (including phenoxy) is 1. The van der Waals surface area contributed by atoms with E-state index in [0.29, 0.717) is 17.9 Å². The molecule has 3 nitrogen and oxygen atoms in total. The highest BCUT2D eigenvalue weighted by Gasteiger charge is 2.08. The number of hydrogen-bond donors (Lipinski definition) is 1. The molecule has 3 heteroatoms. The van der Waals surface area contributed by atoms with Crippen molar-refractivity contribution in [3.05, 3.63) is 65.2 Å². The minimum absolute atomic E-state index is 0.306. The minimum atomic E-state index is -0.306. The number of rotatable bonds is 4. The van der Waals surface area contributed by atoms with E-state index in [1.165, 1.54) is 0 Å². The summed E-state index contributed by atoms with van der Waals surface area (Å²) in [6, 6.07) is 15.1. The Kier molecular flexibility index (Phi) is 4.18. The molecule has 0 atom stereocenters. The molecule has 0 saturated heterocycles. The van der Waals surface area contributed by atoms with Crippen LogP contribution in [0.4, 0.5) is 5.69 Å². The molecule has 0 spiro atoms. The van der Waals surface area contributed by atoms with Gasteiger partial charge in [-0.15, -0.1) is 0 Å². The lowest BCUT2D eigenvalue weighted by Crippen LogP contribution is -2.08. The Morgan fingerprint density at radius 3 is 2.58 bits per heavy atom. The average molecular weight is 255 g/mol. The molecule has 0 saturated carbocycles. The van der Waals surface area contributed by atoms with Crippen LogP contribution in [0, 0.1) is 6.92 Å². The predicted molar refractivity (Wildman–Crippen MR) is 76.0 cm³/mol. The van der Waals surface area contributed by atoms with Gasteiger partial charge in [-0.3, -0.25) is 0 Å². The number of aryl methyl sites for hydroxylation is 1. The molecule has 0 heterocycles. The second-order valence-electron chi connectivity index (χ2n) is 4.44. The zero-order chi connectivity index (χ0) is 13.7. The Morgan fingerprint density at radius 2 is 1.89 bits per heavy atom. The predicted octanol–water partition coefficient (Wildman–Crippen LogP) is 2.98. The fraction of sp³-hybridized carbons (Fsp3) is 0.188.